The largest absolute Gasteiger partial charge is 0.417 e. The highest BCUT2D eigenvalue weighted by Gasteiger charge is 2.58. The molecular weight excluding hydrogens is 216 g/mol. The Morgan fingerprint density at radius 3 is 2.44 bits per heavy atom. The van der Waals surface area contributed by atoms with E-state index in [4.69, 9.17) is 4.43 Å². The Morgan fingerprint density at radius 1 is 1.38 bits per heavy atom. The van der Waals surface area contributed by atoms with E-state index in [-0.39, 0.29) is 5.04 Å². The van der Waals surface area contributed by atoms with Crippen molar-refractivity contribution in [1.29, 1.82) is 0 Å². The van der Waals surface area contributed by atoms with E-state index in [9.17, 15) is 4.79 Å². The lowest BCUT2D eigenvalue weighted by molar-refractivity contribution is -0.119. The van der Waals surface area contributed by atoms with Gasteiger partial charge in [0.1, 0.15) is 5.78 Å². The molecule has 0 N–H and O–H groups in total. The second-order valence-electron chi connectivity index (χ2n) is 6.93. The predicted octanol–water partition coefficient (Wildman–Crippen LogP) is 3.23. The van der Waals surface area contributed by atoms with Gasteiger partial charge in [-0.1, -0.05) is 20.8 Å². The SMILES string of the molecule is CC(C)(C)[Si](C)(C)OC[C@H]1[C@@H]2CCC(=O)[C@@H]21. The van der Waals surface area contributed by atoms with Gasteiger partial charge < -0.3 is 4.43 Å². The zero-order valence-electron chi connectivity index (χ0n) is 11.2. The van der Waals surface area contributed by atoms with Crippen molar-refractivity contribution in [3.8, 4) is 0 Å². The van der Waals surface area contributed by atoms with Crippen molar-refractivity contribution in [2.24, 2.45) is 17.8 Å². The van der Waals surface area contributed by atoms with Crippen molar-refractivity contribution in [2.45, 2.75) is 51.7 Å². The summed E-state index contributed by atoms with van der Waals surface area (Å²) in [6.45, 7) is 12.2. The van der Waals surface area contributed by atoms with E-state index in [1.807, 2.05) is 0 Å². The molecule has 0 bridgehead atoms. The van der Waals surface area contributed by atoms with Crippen LogP contribution in [0, 0.1) is 17.8 Å². The van der Waals surface area contributed by atoms with E-state index < -0.39 is 8.32 Å². The molecule has 3 atom stereocenters. The van der Waals surface area contributed by atoms with E-state index >= 15 is 0 Å². The molecule has 2 rings (SSSR count). The van der Waals surface area contributed by atoms with Crippen LogP contribution in [0.4, 0.5) is 0 Å². The summed E-state index contributed by atoms with van der Waals surface area (Å²) in [5.74, 6) is 2.12. The third-order valence-electron chi connectivity index (χ3n) is 4.87. The fourth-order valence-corrected chi connectivity index (χ4v) is 3.58. The third-order valence-corrected chi connectivity index (χ3v) is 9.37. The fraction of sp³-hybridized carbons (Fsp3) is 0.923. The minimum Gasteiger partial charge on any atom is -0.417 e. The molecule has 2 saturated carbocycles. The van der Waals surface area contributed by atoms with Gasteiger partial charge in [-0.3, -0.25) is 4.79 Å². The number of carbonyl (C=O) groups is 1. The van der Waals surface area contributed by atoms with Crippen LogP contribution in [0.5, 0.6) is 0 Å². The quantitative estimate of drug-likeness (QED) is 0.708. The second kappa shape index (κ2) is 3.67. The maximum absolute atomic E-state index is 11.5. The number of fused-ring (bicyclic) bond motifs is 1. The van der Waals surface area contributed by atoms with Gasteiger partial charge in [-0.05, 0) is 36.4 Å². The number of Topliss-reactive ketones (excluding diaryl/α,β-unsaturated/α-hetero) is 1. The Kier molecular flexibility index (Phi) is 2.82. The highest BCUT2D eigenvalue weighted by atomic mass is 28.4. The van der Waals surface area contributed by atoms with Crippen LogP contribution in [0.3, 0.4) is 0 Å². The van der Waals surface area contributed by atoms with Gasteiger partial charge in [-0.2, -0.15) is 0 Å². The van der Waals surface area contributed by atoms with Crippen LogP contribution >= 0.6 is 0 Å². The van der Waals surface area contributed by atoms with Crippen molar-refractivity contribution in [3.05, 3.63) is 0 Å². The number of hydrogen-bond donors (Lipinski definition) is 0. The van der Waals surface area contributed by atoms with Crippen molar-refractivity contribution < 1.29 is 9.22 Å². The van der Waals surface area contributed by atoms with Crippen LogP contribution in [0.2, 0.25) is 18.1 Å². The van der Waals surface area contributed by atoms with Crippen LogP contribution in [-0.2, 0) is 9.22 Å². The molecule has 0 radical (unpaired) electrons. The number of carbonyl (C=O) groups excluding carboxylic acids is 1. The van der Waals surface area contributed by atoms with Gasteiger partial charge in [0.05, 0.1) is 0 Å². The van der Waals surface area contributed by atoms with Gasteiger partial charge in [0.15, 0.2) is 8.32 Å². The fourth-order valence-electron chi connectivity index (χ4n) is 2.54. The molecule has 16 heavy (non-hydrogen) atoms. The minimum atomic E-state index is -1.61. The smallest absolute Gasteiger partial charge is 0.191 e. The van der Waals surface area contributed by atoms with Gasteiger partial charge in [-0.25, -0.2) is 0 Å². The van der Waals surface area contributed by atoms with E-state index in [1.54, 1.807) is 0 Å². The van der Waals surface area contributed by atoms with Gasteiger partial charge in [-0.15, -0.1) is 0 Å². The van der Waals surface area contributed by atoms with Crippen molar-refractivity contribution in [2.75, 3.05) is 6.61 Å². The van der Waals surface area contributed by atoms with Gasteiger partial charge in [0.25, 0.3) is 0 Å². The van der Waals surface area contributed by atoms with Crippen LogP contribution < -0.4 is 0 Å². The van der Waals surface area contributed by atoms with Crippen molar-refractivity contribution in [1.82, 2.24) is 0 Å². The average molecular weight is 240 g/mol. The van der Waals surface area contributed by atoms with Gasteiger partial charge in [0.2, 0.25) is 0 Å². The molecule has 0 aromatic carbocycles. The van der Waals surface area contributed by atoms with Gasteiger partial charge >= 0.3 is 0 Å². The Labute approximate surface area is 99.9 Å². The number of ketones is 1. The summed E-state index contributed by atoms with van der Waals surface area (Å²) in [4.78, 5) is 11.5. The molecule has 2 nitrogen and oxygen atoms in total. The molecule has 0 amide bonds. The highest BCUT2D eigenvalue weighted by molar-refractivity contribution is 6.74. The highest BCUT2D eigenvalue weighted by Crippen LogP contribution is 2.56. The maximum atomic E-state index is 11.5. The third kappa shape index (κ3) is 1.99. The first kappa shape index (κ1) is 12.3. The molecule has 2 fully saturated rings. The molecular formula is C13H24O2Si. The molecule has 92 valence electrons. The summed E-state index contributed by atoms with van der Waals surface area (Å²) in [6.07, 6.45) is 1.95. The zero-order chi connectivity index (χ0) is 12.1. The molecule has 2 aliphatic carbocycles. The normalized spacial score (nSPS) is 34.1. The lowest BCUT2D eigenvalue weighted by Crippen LogP contribution is -2.41. The summed E-state index contributed by atoms with van der Waals surface area (Å²) in [7, 11) is -1.61. The molecule has 0 aliphatic heterocycles. The summed E-state index contributed by atoms with van der Waals surface area (Å²) >= 11 is 0. The molecule has 0 spiro atoms. The number of rotatable bonds is 3. The monoisotopic (exact) mass is 240 g/mol. The van der Waals surface area contributed by atoms with Crippen LogP contribution in [0.25, 0.3) is 0 Å². The molecule has 3 heteroatoms. The molecule has 0 heterocycles. The zero-order valence-corrected chi connectivity index (χ0v) is 12.2. The molecule has 0 unspecified atom stereocenters. The topological polar surface area (TPSA) is 26.3 Å². The Hall–Kier alpha value is -0.153. The lowest BCUT2D eigenvalue weighted by atomic mass is 10.1. The molecule has 0 saturated heterocycles. The molecule has 0 aromatic heterocycles. The predicted molar refractivity (Wildman–Crippen MR) is 67.9 cm³/mol. The Morgan fingerprint density at radius 2 is 2.00 bits per heavy atom. The van der Waals surface area contributed by atoms with E-state index in [0.29, 0.717) is 23.5 Å². The summed E-state index contributed by atoms with van der Waals surface area (Å²) < 4.78 is 6.19. The minimum absolute atomic E-state index is 0.279. The van der Waals surface area contributed by atoms with Crippen LogP contribution in [0.15, 0.2) is 0 Å². The maximum Gasteiger partial charge on any atom is 0.191 e. The van der Waals surface area contributed by atoms with E-state index in [2.05, 4.69) is 33.9 Å². The summed E-state index contributed by atoms with van der Waals surface area (Å²) in [6, 6.07) is 0. The Bertz CT molecular complexity index is 304. The first-order chi connectivity index (χ1) is 7.24. The van der Waals surface area contributed by atoms with E-state index in [0.717, 1.165) is 19.4 Å². The summed E-state index contributed by atoms with van der Waals surface area (Å²) in [5.41, 5.74) is 0. The van der Waals surface area contributed by atoms with Crippen molar-refractivity contribution in [3.63, 3.8) is 0 Å². The first-order valence-electron chi connectivity index (χ1n) is 6.41. The second-order valence-corrected chi connectivity index (χ2v) is 11.7. The summed E-state index contributed by atoms with van der Waals surface area (Å²) in [5, 5.41) is 0.279. The average Bonchev–Trinajstić information content (AvgIpc) is 2.71. The number of hydrogen-bond acceptors (Lipinski definition) is 2. The Balaban J connectivity index is 1.84. The van der Waals surface area contributed by atoms with Crippen molar-refractivity contribution >= 4 is 14.1 Å². The molecule has 0 aromatic rings. The molecule has 2 aliphatic rings. The van der Waals surface area contributed by atoms with Crippen LogP contribution in [-0.4, -0.2) is 20.7 Å². The standard InChI is InChI=1S/C13H24O2Si/c1-13(2,3)16(4,5)15-8-10-9-6-7-11(14)12(9)10/h9-10,12H,6-8H2,1-5H3/t9-,10-,12-/m0/s1. The van der Waals surface area contributed by atoms with Crippen LogP contribution in [0.1, 0.15) is 33.6 Å². The lowest BCUT2D eigenvalue weighted by Gasteiger charge is -2.36. The van der Waals surface area contributed by atoms with Gasteiger partial charge in [0, 0.05) is 18.9 Å². The first-order valence-corrected chi connectivity index (χ1v) is 9.31. The van der Waals surface area contributed by atoms with E-state index in [1.165, 1.54) is 0 Å².